The van der Waals surface area contributed by atoms with Gasteiger partial charge in [-0.3, -0.25) is 9.59 Å². The number of H-pyrrole nitrogens is 1. The van der Waals surface area contributed by atoms with Crippen LogP contribution in [0.4, 0.5) is 5.69 Å². The van der Waals surface area contributed by atoms with Crippen LogP contribution in [-0.4, -0.2) is 32.6 Å². The highest BCUT2D eigenvalue weighted by Gasteiger charge is 2.17. The summed E-state index contributed by atoms with van der Waals surface area (Å²) in [6, 6.07) is 13.9. The topological polar surface area (TPSA) is 101 Å². The fraction of sp³-hybridized carbons (Fsp3) is 0.0588. The molecule has 0 unspecified atom stereocenters. The number of fused-ring (bicyclic) bond motifs is 3. The lowest BCUT2D eigenvalue weighted by Gasteiger charge is -2.05. The van der Waals surface area contributed by atoms with Crippen molar-refractivity contribution in [3.63, 3.8) is 0 Å². The van der Waals surface area contributed by atoms with Gasteiger partial charge in [0.25, 0.3) is 11.5 Å². The Kier molecular flexibility index (Phi) is 3.42. The number of rotatable bonds is 3. The van der Waals surface area contributed by atoms with Gasteiger partial charge in [0.2, 0.25) is 11.5 Å². The van der Waals surface area contributed by atoms with Crippen molar-refractivity contribution in [2.24, 2.45) is 0 Å². The van der Waals surface area contributed by atoms with E-state index in [0.29, 0.717) is 22.5 Å². The van der Waals surface area contributed by atoms with E-state index in [0.717, 1.165) is 0 Å². The Labute approximate surface area is 141 Å². The van der Waals surface area contributed by atoms with Gasteiger partial charge in [0.05, 0.1) is 18.1 Å². The van der Waals surface area contributed by atoms with Crippen LogP contribution in [0.3, 0.4) is 0 Å². The van der Waals surface area contributed by atoms with Gasteiger partial charge in [0.1, 0.15) is 5.75 Å². The molecule has 0 bridgehead atoms. The second kappa shape index (κ2) is 5.75. The minimum absolute atomic E-state index is 0.244. The number of anilines is 1. The van der Waals surface area contributed by atoms with Crippen LogP contribution in [0.5, 0.6) is 5.75 Å². The third-order valence-electron chi connectivity index (χ3n) is 3.80. The Morgan fingerprint density at radius 1 is 1.16 bits per heavy atom. The average molecular weight is 335 g/mol. The molecule has 2 N–H and O–H groups in total. The third-order valence-corrected chi connectivity index (χ3v) is 3.80. The van der Waals surface area contributed by atoms with E-state index in [9.17, 15) is 9.59 Å². The summed E-state index contributed by atoms with van der Waals surface area (Å²) in [5, 5.41) is 9.17. The van der Waals surface area contributed by atoms with Crippen LogP contribution in [0.2, 0.25) is 0 Å². The Morgan fingerprint density at radius 2 is 1.92 bits per heavy atom. The molecule has 0 aliphatic rings. The van der Waals surface area contributed by atoms with Crippen LogP contribution in [0.1, 0.15) is 10.5 Å². The zero-order valence-corrected chi connectivity index (χ0v) is 13.2. The molecule has 0 saturated carbocycles. The normalized spacial score (nSPS) is 10.9. The minimum Gasteiger partial charge on any atom is -0.497 e. The smallest absolute Gasteiger partial charge is 0.291 e. The fourth-order valence-electron chi connectivity index (χ4n) is 2.58. The number of carbonyl (C=O) groups is 1. The average Bonchev–Trinajstić information content (AvgIpc) is 3.02. The first-order valence-corrected chi connectivity index (χ1v) is 7.48. The van der Waals surface area contributed by atoms with Gasteiger partial charge in [-0.2, -0.15) is 5.10 Å². The maximum atomic E-state index is 12.7. The van der Waals surface area contributed by atoms with E-state index in [1.165, 1.54) is 4.40 Å². The van der Waals surface area contributed by atoms with Gasteiger partial charge in [-0.15, -0.1) is 0 Å². The standard InChI is InChI=1S/C17H13N5O3/c1-25-11-8-6-10(7-9-11)18-15(23)14-16(24)22-13-5-3-2-4-12(13)19-17(22)21-20-14/h2-9H,1H3,(H,18,23)(H,19,21). The summed E-state index contributed by atoms with van der Waals surface area (Å²) in [5.74, 6) is 0.346. The van der Waals surface area contributed by atoms with Crippen molar-refractivity contribution in [1.82, 2.24) is 19.6 Å². The maximum Gasteiger partial charge on any atom is 0.291 e. The van der Waals surface area contributed by atoms with Crippen molar-refractivity contribution >= 4 is 28.4 Å². The highest BCUT2D eigenvalue weighted by Crippen LogP contribution is 2.16. The first kappa shape index (κ1) is 14.9. The molecule has 0 radical (unpaired) electrons. The summed E-state index contributed by atoms with van der Waals surface area (Å²) < 4.78 is 6.41. The van der Waals surface area contributed by atoms with Crippen molar-refractivity contribution < 1.29 is 9.53 Å². The monoisotopic (exact) mass is 335 g/mol. The molecule has 2 aromatic carbocycles. The second-order valence-corrected chi connectivity index (χ2v) is 5.32. The predicted octanol–water partition coefficient (Wildman–Crippen LogP) is 1.83. The van der Waals surface area contributed by atoms with E-state index in [4.69, 9.17) is 4.74 Å². The molecule has 8 nitrogen and oxygen atoms in total. The number of hydrogen-bond acceptors (Lipinski definition) is 5. The van der Waals surface area contributed by atoms with Crippen LogP contribution in [-0.2, 0) is 0 Å². The number of carbonyl (C=O) groups excluding carboxylic acids is 1. The molecule has 25 heavy (non-hydrogen) atoms. The number of aromatic amines is 1. The molecule has 8 heteroatoms. The van der Waals surface area contributed by atoms with E-state index in [2.05, 4.69) is 20.5 Å². The Morgan fingerprint density at radius 3 is 2.68 bits per heavy atom. The second-order valence-electron chi connectivity index (χ2n) is 5.32. The predicted molar refractivity (Wildman–Crippen MR) is 92.1 cm³/mol. The minimum atomic E-state index is -0.605. The number of aromatic nitrogens is 4. The van der Waals surface area contributed by atoms with Crippen LogP contribution >= 0.6 is 0 Å². The van der Waals surface area contributed by atoms with Gasteiger partial charge in [-0.05, 0) is 36.4 Å². The Hall–Kier alpha value is -3.68. The summed E-state index contributed by atoms with van der Waals surface area (Å²) >= 11 is 0. The Bertz CT molecular complexity index is 1140. The van der Waals surface area contributed by atoms with Crippen molar-refractivity contribution in [2.75, 3.05) is 12.4 Å². The number of ether oxygens (including phenoxy) is 1. The van der Waals surface area contributed by atoms with Crippen LogP contribution < -0.4 is 15.6 Å². The molecule has 0 aliphatic heterocycles. The van der Waals surface area contributed by atoms with E-state index >= 15 is 0 Å². The molecular weight excluding hydrogens is 322 g/mol. The summed E-state index contributed by atoms with van der Waals surface area (Å²) in [4.78, 5) is 29.4. The van der Waals surface area contributed by atoms with Crippen molar-refractivity contribution in [3.8, 4) is 5.75 Å². The van der Waals surface area contributed by atoms with Crippen LogP contribution in [0, 0.1) is 0 Å². The SMILES string of the molecule is COc1ccc(NC(=O)c2n[nH]c3nc4ccccc4n3c2=O)cc1. The molecule has 0 saturated heterocycles. The van der Waals surface area contributed by atoms with Crippen molar-refractivity contribution in [3.05, 3.63) is 64.6 Å². The van der Waals surface area contributed by atoms with Crippen molar-refractivity contribution in [2.45, 2.75) is 0 Å². The number of imidazole rings is 1. The van der Waals surface area contributed by atoms with E-state index < -0.39 is 11.5 Å². The van der Waals surface area contributed by atoms with Crippen LogP contribution in [0.25, 0.3) is 16.8 Å². The highest BCUT2D eigenvalue weighted by atomic mass is 16.5. The van der Waals surface area contributed by atoms with E-state index in [1.54, 1.807) is 49.6 Å². The number of nitrogens with one attached hydrogen (secondary N) is 2. The summed E-state index contributed by atoms with van der Waals surface area (Å²) in [6.07, 6.45) is 0. The molecule has 0 fully saturated rings. The molecular formula is C17H13N5O3. The lowest BCUT2D eigenvalue weighted by molar-refractivity contribution is 0.101. The lowest BCUT2D eigenvalue weighted by atomic mass is 10.3. The third kappa shape index (κ3) is 2.49. The van der Waals surface area contributed by atoms with Crippen molar-refractivity contribution in [1.29, 1.82) is 0 Å². The highest BCUT2D eigenvalue weighted by molar-refractivity contribution is 6.02. The largest absolute Gasteiger partial charge is 0.497 e. The fourth-order valence-corrected chi connectivity index (χ4v) is 2.58. The number of methoxy groups -OCH3 is 1. The molecule has 0 atom stereocenters. The van der Waals surface area contributed by atoms with Gasteiger partial charge in [0, 0.05) is 5.69 Å². The molecule has 0 spiro atoms. The summed E-state index contributed by atoms with van der Waals surface area (Å²) in [7, 11) is 1.56. The molecule has 124 valence electrons. The molecule has 0 aliphatic carbocycles. The van der Waals surface area contributed by atoms with Gasteiger partial charge in [-0.1, -0.05) is 12.1 Å². The van der Waals surface area contributed by atoms with Gasteiger partial charge < -0.3 is 10.1 Å². The molecule has 4 rings (SSSR count). The summed E-state index contributed by atoms with van der Waals surface area (Å²) in [5.41, 5.74) is 1.01. The van der Waals surface area contributed by atoms with Gasteiger partial charge in [-0.25, -0.2) is 14.5 Å². The van der Waals surface area contributed by atoms with Crippen LogP contribution in [0.15, 0.2) is 53.3 Å². The Balaban J connectivity index is 1.75. The summed E-state index contributed by atoms with van der Waals surface area (Å²) in [6.45, 7) is 0. The zero-order chi connectivity index (χ0) is 17.4. The van der Waals surface area contributed by atoms with E-state index in [-0.39, 0.29) is 11.5 Å². The lowest BCUT2D eigenvalue weighted by Crippen LogP contribution is -2.28. The number of hydrogen-bond donors (Lipinski definition) is 2. The first-order valence-electron chi connectivity index (χ1n) is 7.48. The molecule has 2 aromatic heterocycles. The zero-order valence-electron chi connectivity index (χ0n) is 13.2. The number of amides is 1. The molecule has 4 aromatic rings. The quantitative estimate of drug-likeness (QED) is 0.595. The first-order chi connectivity index (χ1) is 12.2. The number of nitrogens with zero attached hydrogens (tertiary/aromatic N) is 3. The van der Waals surface area contributed by atoms with Gasteiger partial charge >= 0.3 is 0 Å². The molecule has 2 heterocycles. The molecule has 1 amide bonds. The number of benzene rings is 2. The van der Waals surface area contributed by atoms with E-state index in [1.807, 2.05) is 6.07 Å². The van der Waals surface area contributed by atoms with Gasteiger partial charge in [0.15, 0.2) is 0 Å². The number of para-hydroxylation sites is 2. The maximum absolute atomic E-state index is 12.7.